The minimum absolute atomic E-state index is 0.330. The van der Waals surface area contributed by atoms with E-state index in [9.17, 15) is 0 Å². The second-order valence-electron chi connectivity index (χ2n) is 5.58. The molecule has 0 spiro atoms. The van der Waals surface area contributed by atoms with Gasteiger partial charge in [0.25, 0.3) is 0 Å². The first-order chi connectivity index (χ1) is 10.0. The fraction of sp³-hybridized carbons (Fsp3) is 0.625. The number of hydrogen-bond donors (Lipinski definition) is 1. The molecule has 0 aliphatic carbocycles. The van der Waals surface area contributed by atoms with Crippen LogP contribution in [0.3, 0.4) is 0 Å². The van der Waals surface area contributed by atoms with Crippen LogP contribution in [0.2, 0.25) is 0 Å². The summed E-state index contributed by atoms with van der Waals surface area (Å²) >= 11 is 0. The molecule has 0 saturated heterocycles. The van der Waals surface area contributed by atoms with Crippen LogP contribution in [0, 0.1) is 6.92 Å². The molecule has 0 aromatic carbocycles. The Balaban J connectivity index is 2.44. The summed E-state index contributed by atoms with van der Waals surface area (Å²) in [5, 5.41) is 12.6. The second-order valence-corrected chi connectivity index (χ2v) is 5.58. The number of nitrogens with zero attached hydrogens (tertiary/aromatic N) is 4. The Morgan fingerprint density at radius 2 is 1.95 bits per heavy atom. The zero-order chi connectivity index (χ0) is 15.6. The summed E-state index contributed by atoms with van der Waals surface area (Å²) in [4.78, 5) is 0. The molecule has 116 valence electrons. The van der Waals surface area contributed by atoms with Crippen molar-refractivity contribution in [2.45, 2.75) is 53.1 Å². The molecule has 2 aromatic rings. The summed E-state index contributed by atoms with van der Waals surface area (Å²) in [7, 11) is 4.00. The van der Waals surface area contributed by atoms with Gasteiger partial charge < -0.3 is 5.32 Å². The van der Waals surface area contributed by atoms with E-state index in [-0.39, 0.29) is 0 Å². The van der Waals surface area contributed by atoms with Gasteiger partial charge in [-0.25, -0.2) is 0 Å². The van der Waals surface area contributed by atoms with Gasteiger partial charge in [-0.1, -0.05) is 13.8 Å². The van der Waals surface area contributed by atoms with E-state index in [1.807, 2.05) is 25.7 Å². The lowest BCUT2D eigenvalue weighted by Gasteiger charge is -2.13. The first-order valence-electron chi connectivity index (χ1n) is 7.76. The van der Waals surface area contributed by atoms with Gasteiger partial charge in [0.15, 0.2) is 0 Å². The van der Waals surface area contributed by atoms with Gasteiger partial charge in [0.05, 0.1) is 23.6 Å². The van der Waals surface area contributed by atoms with Crippen molar-refractivity contribution in [2.75, 3.05) is 7.05 Å². The quantitative estimate of drug-likeness (QED) is 0.888. The van der Waals surface area contributed by atoms with Crippen molar-refractivity contribution in [3.05, 3.63) is 34.4 Å². The molecule has 1 unspecified atom stereocenters. The van der Waals surface area contributed by atoms with E-state index in [1.54, 1.807) is 0 Å². The average Bonchev–Trinajstić information content (AvgIpc) is 2.98. The largest absolute Gasteiger partial charge is 0.313 e. The topological polar surface area (TPSA) is 47.7 Å². The van der Waals surface area contributed by atoms with Crippen LogP contribution < -0.4 is 5.32 Å². The molecule has 5 nitrogen and oxygen atoms in total. The lowest BCUT2D eigenvalue weighted by atomic mass is 10.0. The molecule has 1 N–H and O–H groups in total. The van der Waals surface area contributed by atoms with Crippen LogP contribution in [0.25, 0.3) is 0 Å². The number of aromatic nitrogens is 4. The Hall–Kier alpha value is -1.62. The SMILES string of the molecule is CCc1nn(Cc2cc(C)nn2C)c(CC)c1C(C)NC. The Morgan fingerprint density at radius 1 is 1.24 bits per heavy atom. The predicted molar refractivity (Wildman–Crippen MR) is 85.5 cm³/mol. The zero-order valence-corrected chi connectivity index (χ0v) is 14.1. The highest BCUT2D eigenvalue weighted by atomic mass is 15.3. The molecule has 0 aliphatic heterocycles. The van der Waals surface area contributed by atoms with Crippen LogP contribution in [0.1, 0.15) is 55.2 Å². The Kier molecular flexibility index (Phi) is 4.83. The molecule has 1 atom stereocenters. The van der Waals surface area contributed by atoms with Crippen LogP contribution in [-0.4, -0.2) is 26.6 Å². The van der Waals surface area contributed by atoms with Gasteiger partial charge in [0.2, 0.25) is 0 Å². The Morgan fingerprint density at radius 3 is 2.43 bits per heavy atom. The molecule has 0 fully saturated rings. The van der Waals surface area contributed by atoms with Gasteiger partial charge in [-0.3, -0.25) is 9.36 Å². The molecular weight excluding hydrogens is 262 g/mol. The average molecular weight is 289 g/mol. The highest BCUT2D eigenvalue weighted by Crippen LogP contribution is 2.24. The summed E-state index contributed by atoms with van der Waals surface area (Å²) in [5.74, 6) is 0. The summed E-state index contributed by atoms with van der Waals surface area (Å²) in [5.41, 5.74) is 6.13. The van der Waals surface area contributed by atoms with E-state index in [0.29, 0.717) is 6.04 Å². The van der Waals surface area contributed by atoms with Gasteiger partial charge in [0, 0.05) is 24.3 Å². The van der Waals surface area contributed by atoms with E-state index >= 15 is 0 Å². The van der Waals surface area contributed by atoms with E-state index in [1.165, 1.54) is 22.6 Å². The van der Waals surface area contributed by atoms with Crippen molar-refractivity contribution in [3.8, 4) is 0 Å². The predicted octanol–water partition coefficient (Wildman–Crippen LogP) is 2.38. The maximum atomic E-state index is 4.85. The fourth-order valence-corrected chi connectivity index (χ4v) is 2.94. The highest BCUT2D eigenvalue weighted by Gasteiger charge is 2.20. The first-order valence-corrected chi connectivity index (χ1v) is 7.76. The first kappa shape index (κ1) is 15.8. The van der Waals surface area contributed by atoms with Gasteiger partial charge in [0.1, 0.15) is 0 Å². The summed E-state index contributed by atoms with van der Waals surface area (Å²) in [6, 6.07) is 2.46. The van der Waals surface area contributed by atoms with E-state index in [0.717, 1.165) is 25.1 Å². The summed E-state index contributed by atoms with van der Waals surface area (Å²) < 4.78 is 4.10. The van der Waals surface area contributed by atoms with Crippen LogP contribution >= 0.6 is 0 Å². The molecule has 2 heterocycles. The maximum absolute atomic E-state index is 4.85. The molecule has 0 aliphatic rings. The highest BCUT2D eigenvalue weighted by molar-refractivity contribution is 5.30. The van der Waals surface area contributed by atoms with Crippen LogP contribution in [0.5, 0.6) is 0 Å². The molecule has 0 radical (unpaired) electrons. The van der Waals surface area contributed by atoms with Crippen molar-refractivity contribution in [1.29, 1.82) is 0 Å². The van der Waals surface area contributed by atoms with Crippen molar-refractivity contribution in [2.24, 2.45) is 7.05 Å². The maximum Gasteiger partial charge on any atom is 0.0831 e. The standard InChI is InChI=1S/C16H27N5/c1-7-14-16(12(4)17-5)15(8-2)21(19-14)10-13-9-11(3)18-20(13)6/h9,12,17H,7-8,10H2,1-6H3. The molecule has 0 amide bonds. The number of rotatable bonds is 6. The minimum Gasteiger partial charge on any atom is -0.313 e. The van der Waals surface area contributed by atoms with Crippen molar-refractivity contribution < 1.29 is 0 Å². The molecule has 2 aromatic heterocycles. The Bertz CT molecular complexity index is 608. The van der Waals surface area contributed by atoms with Crippen molar-refractivity contribution in [3.63, 3.8) is 0 Å². The fourth-order valence-electron chi connectivity index (χ4n) is 2.94. The third kappa shape index (κ3) is 3.02. The van der Waals surface area contributed by atoms with Gasteiger partial charge in [-0.05, 0) is 39.8 Å². The van der Waals surface area contributed by atoms with Crippen LogP contribution in [0.4, 0.5) is 0 Å². The Labute approximate surface area is 127 Å². The van der Waals surface area contributed by atoms with Crippen LogP contribution in [-0.2, 0) is 26.4 Å². The lowest BCUT2D eigenvalue weighted by molar-refractivity contribution is 0.587. The third-order valence-electron chi connectivity index (χ3n) is 4.12. The molecule has 2 rings (SSSR count). The van der Waals surface area contributed by atoms with E-state index < -0.39 is 0 Å². The smallest absolute Gasteiger partial charge is 0.0831 e. The third-order valence-corrected chi connectivity index (χ3v) is 4.12. The summed E-state index contributed by atoms with van der Waals surface area (Å²) in [6.45, 7) is 9.39. The van der Waals surface area contributed by atoms with E-state index in [4.69, 9.17) is 5.10 Å². The monoisotopic (exact) mass is 289 g/mol. The van der Waals surface area contributed by atoms with Gasteiger partial charge in [-0.15, -0.1) is 0 Å². The van der Waals surface area contributed by atoms with Crippen LogP contribution in [0.15, 0.2) is 6.07 Å². The van der Waals surface area contributed by atoms with Crippen molar-refractivity contribution in [1.82, 2.24) is 24.9 Å². The molecule has 21 heavy (non-hydrogen) atoms. The molecule has 5 heteroatoms. The zero-order valence-electron chi connectivity index (χ0n) is 14.1. The normalized spacial score (nSPS) is 12.9. The molecular formula is C16H27N5. The molecule has 0 saturated carbocycles. The van der Waals surface area contributed by atoms with Crippen molar-refractivity contribution >= 4 is 0 Å². The van der Waals surface area contributed by atoms with Gasteiger partial charge in [-0.2, -0.15) is 10.2 Å². The molecule has 0 bridgehead atoms. The number of aryl methyl sites for hydroxylation is 3. The van der Waals surface area contributed by atoms with Gasteiger partial charge >= 0.3 is 0 Å². The minimum atomic E-state index is 0.330. The number of nitrogens with one attached hydrogen (secondary N) is 1. The number of hydrogen-bond acceptors (Lipinski definition) is 3. The summed E-state index contributed by atoms with van der Waals surface area (Å²) in [6.07, 6.45) is 1.96. The second kappa shape index (κ2) is 6.43. The van der Waals surface area contributed by atoms with E-state index in [2.05, 4.69) is 41.9 Å². The lowest BCUT2D eigenvalue weighted by Crippen LogP contribution is -2.16.